The number of carbonyl (C=O) groups excluding carboxylic acids is 2. The van der Waals surface area contributed by atoms with E-state index in [4.69, 9.17) is 5.21 Å². The Balaban J connectivity index is 1.54. The second-order valence-corrected chi connectivity index (χ2v) is 9.77. The number of carboxylic acid groups (broad SMARTS) is 1. The fourth-order valence-corrected chi connectivity index (χ4v) is 5.80. The summed E-state index contributed by atoms with van der Waals surface area (Å²) in [5.74, 6) is -1.99. The van der Waals surface area contributed by atoms with Crippen LogP contribution in [0.3, 0.4) is 0 Å². The second kappa shape index (κ2) is 10.3. The van der Waals surface area contributed by atoms with Gasteiger partial charge in [-0.1, -0.05) is 12.1 Å². The lowest BCUT2D eigenvalue weighted by Crippen LogP contribution is -3.01. The minimum absolute atomic E-state index is 0.126. The first-order valence-electron chi connectivity index (χ1n) is 10.2. The average molecular weight is 521 g/mol. The van der Waals surface area contributed by atoms with Crippen molar-refractivity contribution < 1.29 is 40.4 Å². The highest BCUT2D eigenvalue weighted by Gasteiger charge is 2.53. The maximum Gasteiger partial charge on any atom is 0.352 e. The number of carboxylic acids is 1. The number of quaternary nitrogens is 2. The van der Waals surface area contributed by atoms with Crippen molar-refractivity contribution in [2.24, 2.45) is 0 Å². The number of thioether (sulfide) groups is 1. The Bertz CT molecular complexity index is 1210. The molecule has 35 heavy (non-hydrogen) atoms. The Kier molecular flexibility index (Phi) is 7.34. The van der Waals surface area contributed by atoms with Crippen LogP contribution in [0.2, 0.25) is 0 Å². The summed E-state index contributed by atoms with van der Waals surface area (Å²) in [7, 11) is 0. The lowest BCUT2D eigenvalue weighted by Gasteiger charge is -2.49. The average Bonchev–Trinajstić information content (AvgIpc) is 3.33. The standard InChI is InChI=1S/C21H20N4O8S2/c26-16(9-14-2-1-7-34-14)22-17-19(27)23-18(21(28)29)12(10-35-20(17)23)4-3-11-5-6-13(24(30)31)8-15(11)25(32)33/h1-8,17,20,24-25,30,32H,9-10H2,(H,22,26)(H,28,29). The normalized spacial score (nSPS) is 21.5. The van der Waals surface area contributed by atoms with Gasteiger partial charge in [-0.25, -0.2) is 15.2 Å². The summed E-state index contributed by atoms with van der Waals surface area (Å²) < 4.78 is 0. The molecule has 1 aromatic carbocycles. The second-order valence-electron chi connectivity index (χ2n) is 7.64. The number of aliphatic carboxylic acids is 1. The maximum atomic E-state index is 12.8. The quantitative estimate of drug-likeness (QED) is 0.198. The maximum absolute atomic E-state index is 12.8. The van der Waals surface area contributed by atoms with E-state index in [-0.39, 0.29) is 46.3 Å². The van der Waals surface area contributed by atoms with Crippen molar-refractivity contribution in [2.75, 3.05) is 5.75 Å². The number of hydrogen-bond acceptors (Lipinski definition) is 9. The minimum atomic E-state index is -1.34. The van der Waals surface area contributed by atoms with E-state index in [2.05, 4.69) is 5.32 Å². The van der Waals surface area contributed by atoms with Gasteiger partial charge in [0, 0.05) is 22.3 Å². The number of rotatable bonds is 8. The number of thiophene rings is 1. The molecule has 4 unspecified atom stereocenters. The Hall–Kier alpha value is -3.08. The first-order chi connectivity index (χ1) is 16.7. The van der Waals surface area contributed by atoms with Gasteiger partial charge in [-0.3, -0.25) is 14.5 Å². The number of carbonyl (C=O) groups is 3. The number of nitrogens with zero attached hydrogens (tertiary/aromatic N) is 1. The van der Waals surface area contributed by atoms with E-state index < -0.39 is 33.7 Å². The molecule has 0 aliphatic carbocycles. The van der Waals surface area contributed by atoms with E-state index in [1.165, 1.54) is 47.4 Å². The van der Waals surface area contributed by atoms with Crippen molar-refractivity contribution in [2.45, 2.75) is 17.8 Å². The van der Waals surface area contributed by atoms with Crippen LogP contribution < -0.4 is 15.8 Å². The minimum Gasteiger partial charge on any atom is -0.595 e. The van der Waals surface area contributed by atoms with Crippen LogP contribution in [0.15, 0.2) is 53.1 Å². The van der Waals surface area contributed by atoms with Crippen LogP contribution in [0.1, 0.15) is 10.4 Å². The summed E-state index contributed by atoms with van der Waals surface area (Å²) in [6.45, 7) is 0. The van der Waals surface area contributed by atoms with Crippen LogP contribution in [-0.4, -0.2) is 55.4 Å². The van der Waals surface area contributed by atoms with Crippen molar-refractivity contribution >= 4 is 58.3 Å². The third kappa shape index (κ3) is 5.14. The van der Waals surface area contributed by atoms with E-state index in [0.29, 0.717) is 0 Å². The topological polar surface area (TPSA) is 182 Å². The van der Waals surface area contributed by atoms with Crippen molar-refractivity contribution in [1.82, 2.24) is 10.2 Å². The number of allylic oxidation sites excluding steroid dienone is 1. The molecule has 0 spiro atoms. The molecule has 0 bridgehead atoms. The van der Waals surface area contributed by atoms with Crippen LogP contribution in [-0.2, 0) is 20.8 Å². The van der Waals surface area contributed by atoms with Gasteiger partial charge in [-0.15, -0.1) is 23.1 Å². The number of nitrogens with one attached hydrogen (secondary N) is 3. The summed E-state index contributed by atoms with van der Waals surface area (Å²) in [5.41, 5.74) is -0.222. The SMILES string of the molecule is O=C(Cc1cccs1)NC1C(=O)N2C(C(=O)O)=C(C=Cc3ccc([NH+]([O-])O)cc3[NH+]([O-])O)CSC12. The highest BCUT2D eigenvalue weighted by Crippen LogP contribution is 2.41. The molecule has 2 aliphatic rings. The predicted octanol–water partition coefficient (Wildman–Crippen LogP) is -0.451. The fourth-order valence-electron chi connectivity index (χ4n) is 3.78. The Morgan fingerprint density at radius 3 is 2.60 bits per heavy atom. The molecule has 184 valence electrons. The predicted molar refractivity (Wildman–Crippen MR) is 125 cm³/mol. The van der Waals surface area contributed by atoms with Gasteiger partial charge in [0.2, 0.25) is 5.91 Å². The van der Waals surface area contributed by atoms with Gasteiger partial charge in [0.25, 0.3) is 5.91 Å². The van der Waals surface area contributed by atoms with Gasteiger partial charge < -0.3 is 20.8 Å². The highest BCUT2D eigenvalue weighted by molar-refractivity contribution is 8.00. The lowest BCUT2D eigenvalue weighted by atomic mass is 10.0. The molecular formula is C21H20N4O8S2. The molecule has 0 radical (unpaired) electrons. The Morgan fingerprint density at radius 2 is 1.97 bits per heavy atom. The zero-order chi connectivity index (χ0) is 25.3. The van der Waals surface area contributed by atoms with Crippen LogP contribution in [0.25, 0.3) is 6.08 Å². The van der Waals surface area contributed by atoms with Gasteiger partial charge in [-0.2, -0.15) is 10.5 Å². The van der Waals surface area contributed by atoms with E-state index in [1.807, 2.05) is 17.5 Å². The molecule has 12 nitrogen and oxygen atoms in total. The molecule has 1 aromatic heterocycles. The van der Waals surface area contributed by atoms with Gasteiger partial charge in [-0.05, 0) is 29.2 Å². The number of benzene rings is 1. The van der Waals surface area contributed by atoms with Crippen molar-refractivity contribution in [3.05, 3.63) is 73.9 Å². The monoisotopic (exact) mass is 520 g/mol. The van der Waals surface area contributed by atoms with E-state index >= 15 is 0 Å². The molecule has 4 atom stereocenters. The molecular weight excluding hydrogens is 500 g/mol. The van der Waals surface area contributed by atoms with Gasteiger partial charge >= 0.3 is 5.97 Å². The van der Waals surface area contributed by atoms with E-state index in [9.17, 15) is 35.1 Å². The Labute approximate surface area is 206 Å². The number of hydrogen-bond donors (Lipinski definition) is 6. The first-order valence-corrected chi connectivity index (χ1v) is 12.1. The molecule has 4 rings (SSSR count). The molecule has 2 amide bonds. The molecule has 0 saturated carbocycles. The number of fused-ring (bicyclic) bond motifs is 1. The fraction of sp³-hybridized carbons (Fsp3) is 0.190. The van der Waals surface area contributed by atoms with Crippen LogP contribution in [0.4, 0.5) is 11.4 Å². The van der Waals surface area contributed by atoms with E-state index in [1.54, 1.807) is 0 Å². The van der Waals surface area contributed by atoms with Crippen molar-refractivity contribution in [3.8, 4) is 0 Å². The third-order valence-corrected chi connectivity index (χ3v) is 7.61. The number of amides is 2. The first kappa shape index (κ1) is 25.0. The van der Waals surface area contributed by atoms with Crippen LogP contribution in [0, 0.1) is 10.4 Å². The van der Waals surface area contributed by atoms with Gasteiger partial charge in [0.15, 0.2) is 11.4 Å². The van der Waals surface area contributed by atoms with Gasteiger partial charge in [0.05, 0.1) is 12.5 Å². The summed E-state index contributed by atoms with van der Waals surface area (Å²) in [4.78, 5) is 39.1. The summed E-state index contributed by atoms with van der Waals surface area (Å²) >= 11 is 2.70. The molecule has 2 aromatic rings. The third-order valence-electron chi connectivity index (χ3n) is 5.43. The summed E-state index contributed by atoms with van der Waals surface area (Å²) in [6.07, 6.45) is 2.91. The number of β-lactam (4-membered cyclic amide) rings is 1. The zero-order valence-electron chi connectivity index (χ0n) is 17.8. The van der Waals surface area contributed by atoms with E-state index in [0.717, 1.165) is 15.8 Å². The molecule has 2 aliphatic heterocycles. The molecule has 1 fully saturated rings. The molecule has 1 saturated heterocycles. The highest BCUT2D eigenvalue weighted by atomic mass is 32.2. The molecule has 3 heterocycles. The van der Waals surface area contributed by atoms with Crippen LogP contribution >= 0.6 is 23.1 Å². The largest absolute Gasteiger partial charge is 0.595 e. The summed E-state index contributed by atoms with van der Waals surface area (Å²) in [5, 5.41) is 52.3. The van der Waals surface area contributed by atoms with Gasteiger partial charge in [0.1, 0.15) is 17.1 Å². The van der Waals surface area contributed by atoms with Crippen LogP contribution in [0.5, 0.6) is 0 Å². The van der Waals surface area contributed by atoms with Crippen molar-refractivity contribution in [3.63, 3.8) is 0 Å². The Morgan fingerprint density at radius 1 is 1.20 bits per heavy atom. The lowest BCUT2D eigenvalue weighted by molar-refractivity contribution is -0.996. The molecule has 6 N–H and O–H groups in total. The zero-order valence-corrected chi connectivity index (χ0v) is 19.5. The molecule has 14 heteroatoms. The smallest absolute Gasteiger partial charge is 0.352 e. The van der Waals surface area contributed by atoms with Crippen molar-refractivity contribution in [1.29, 1.82) is 0 Å². The summed E-state index contributed by atoms with van der Waals surface area (Å²) in [6, 6.07) is 6.37.